The van der Waals surface area contributed by atoms with Crippen LogP contribution >= 0.6 is 39.9 Å². The summed E-state index contributed by atoms with van der Waals surface area (Å²) in [5.74, 6) is -0.155. The molecule has 5 heteroatoms. The highest BCUT2D eigenvalue weighted by Gasteiger charge is 2.10. The van der Waals surface area contributed by atoms with Crippen molar-refractivity contribution in [2.24, 2.45) is 0 Å². The van der Waals surface area contributed by atoms with Gasteiger partial charge >= 0.3 is 0 Å². The molecule has 0 saturated carbocycles. The summed E-state index contributed by atoms with van der Waals surface area (Å²) in [5.41, 5.74) is 1.35. The molecule has 0 aliphatic heterocycles. The molecular formula is C15H10BrNOS2. The van der Waals surface area contributed by atoms with E-state index in [-0.39, 0.29) is 5.91 Å². The van der Waals surface area contributed by atoms with Crippen LogP contribution in [0.3, 0.4) is 0 Å². The van der Waals surface area contributed by atoms with Gasteiger partial charge in [-0.1, -0.05) is 15.9 Å². The highest BCUT2D eigenvalue weighted by Crippen LogP contribution is 2.25. The molecule has 0 aliphatic carbocycles. The maximum Gasteiger partial charge on any atom is 0.256 e. The van der Waals surface area contributed by atoms with E-state index >= 15 is 0 Å². The highest BCUT2D eigenvalue weighted by atomic mass is 79.9. The number of amides is 1. The summed E-state index contributed by atoms with van der Waals surface area (Å²) in [6, 6.07) is 13.3. The second-order valence-electron chi connectivity index (χ2n) is 4.29. The molecule has 3 rings (SSSR count). The lowest BCUT2D eigenvalue weighted by Gasteiger charge is -2.08. The number of hydrogen-bond donors (Lipinski definition) is 2. The van der Waals surface area contributed by atoms with Crippen LogP contribution in [0.25, 0.3) is 10.1 Å². The van der Waals surface area contributed by atoms with Crippen LogP contribution in [-0.4, -0.2) is 5.91 Å². The zero-order chi connectivity index (χ0) is 14.1. The number of thiophene rings is 1. The van der Waals surface area contributed by atoms with Gasteiger partial charge < -0.3 is 5.32 Å². The van der Waals surface area contributed by atoms with Crippen molar-refractivity contribution in [3.05, 3.63) is 57.9 Å². The fourth-order valence-corrected chi connectivity index (χ4v) is 3.56. The van der Waals surface area contributed by atoms with E-state index in [1.54, 1.807) is 23.5 Å². The van der Waals surface area contributed by atoms with Gasteiger partial charge in [0, 0.05) is 19.8 Å². The van der Waals surface area contributed by atoms with Gasteiger partial charge in [-0.15, -0.1) is 24.0 Å². The van der Waals surface area contributed by atoms with Crippen LogP contribution in [0.1, 0.15) is 10.4 Å². The molecule has 0 saturated heterocycles. The van der Waals surface area contributed by atoms with Gasteiger partial charge in [0.25, 0.3) is 5.91 Å². The lowest BCUT2D eigenvalue weighted by molar-refractivity contribution is 0.102. The Hall–Kier alpha value is -1.30. The zero-order valence-corrected chi connectivity index (χ0v) is 13.6. The van der Waals surface area contributed by atoms with Crippen molar-refractivity contribution in [3.63, 3.8) is 0 Å². The zero-order valence-electron chi connectivity index (χ0n) is 10.3. The lowest BCUT2D eigenvalue weighted by Crippen LogP contribution is -2.12. The number of fused-ring (bicyclic) bond motifs is 1. The van der Waals surface area contributed by atoms with Crippen LogP contribution in [0.15, 0.2) is 57.2 Å². The highest BCUT2D eigenvalue weighted by molar-refractivity contribution is 9.10. The van der Waals surface area contributed by atoms with Gasteiger partial charge in [0.15, 0.2) is 0 Å². The SMILES string of the molecule is O=C(Nc1ccc2sccc2c1)c1ccc(Br)cc1S. The van der Waals surface area contributed by atoms with E-state index in [1.807, 2.05) is 35.7 Å². The van der Waals surface area contributed by atoms with Crippen molar-refractivity contribution >= 4 is 61.6 Å². The van der Waals surface area contributed by atoms with Gasteiger partial charge in [0.05, 0.1) is 5.56 Å². The van der Waals surface area contributed by atoms with E-state index in [4.69, 9.17) is 0 Å². The second-order valence-corrected chi connectivity index (χ2v) is 6.63. The van der Waals surface area contributed by atoms with E-state index in [0.717, 1.165) is 15.5 Å². The number of carbonyl (C=O) groups is 1. The van der Waals surface area contributed by atoms with Gasteiger partial charge in [-0.25, -0.2) is 0 Å². The number of anilines is 1. The van der Waals surface area contributed by atoms with Gasteiger partial charge in [0.2, 0.25) is 0 Å². The minimum absolute atomic E-state index is 0.155. The third-order valence-electron chi connectivity index (χ3n) is 2.91. The number of thiol groups is 1. The molecule has 0 radical (unpaired) electrons. The molecule has 0 bridgehead atoms. The van der Waals surface area contributed by atoms with Crippen molar-refractivity contribution in [2.75, 3.05) is 5.32 Å². The topological polar surface area (TPSA) is 29.1 Å². The Bertz CT molecular complexity index is 797. The predicted octanol–water partition coefficient (Wildman–Crippen LogP) is 5.20. The molecule has 0 fully saturated rings. The van der Waals surface area contributed by atoms with Crippen LogP contribution in [0.5, 0.6) is 0 Å². The largest absolute Gasteiger partial charge is 0.322 e. The maximum atomic E-state index is 12.2. The predicted molar refractivity (Wildman–Crippen MR) is 91.2 cm³/mol. The Morgan fingerprint density at radius 1 is 1.15 bits per heavy atom. The standard InChI is InChI=1S/C15H10BrNOS2/c16-10-1-3-12(13(19)8-10)15(18)17-11-2-4-14-9(7-11)5-6-20-14/h1-8,19H,(H,17,18). The van der Waals surface area contributed by atoms with Gasteiger partial charge in [-0.3, -0.25) is 4.79 Å². The fourth-order valence-electron chi connectivity index (χ4n) is 1.94. The summed E-state index contributed by atoms with van der Waals surface area (Å²) in [6.45, 7) is 0. The molecule has 3 aromatic rings. The van der Waals surface area contributed by atoms with Crippen molar-refractivity contribution in [3.8, 4) is 0 Å². The average Bonchev–Trinajstić information content (AvgIpc) is 2.85. The Morgan fingerprint density at radius 3 is 2.80 bits per heavy atom. The molecule has 1 aromatic heterocycles. The summed E-state index contributed by atoms with van der Waals surface area (Å²) in [7, 11) is 0. The summed E-state index contributed by atoms with van der Waals surface area (Å²) in [4.78, 5) is 12.9. The molecule has 2 aromatic carbocycles. The van der Waals surface area contributed by atoms with Crippen LogP contribution in [0.4, 0.5) is 5.69 Å². The Balaban J connectivity index is 1.87. The molecule has 20 heavy (non-hydrogen) atoms. The van der Waals surface area contributed by atoms with Crippen molar-refractivity contribution in [2.45, 2.75) is 4.90 Å². The monoisotopic (exact) mass is 363 g/mol. The van der Waals surface area contributed by atoms with Crippen molar-refractivity contribution < 1.29 is 4.79 Å². The normalized spacial score (nSPS) is 10.7. The molecule has 0 spiro atoms. The molecule has 1 N–H and O–H groups in total. The number of hydrogen-bond acceptors (Lipinski definition) is 3. The molecular weight excluding hydrogens is 354 g/mol. The number of nitrogens with one attached hydrogen (secondary N) is 1. The number of halogens is 1. The van der Waals surface area contributed by atoms with Crippen molar-refractivity contribution in [1.82, 2.24) is 0 Å². The minimum Gasteiger partial charge on any atom is -0.322 e. The van der Waals surface area contributed by atoms with Crippen LogP contribution in [0, 0.1) is 0 Å². The van der Waals surface area contributed by atoms with Crippen LogP contribution in [-0.2, 0) is 0 Å². The first kappa shape index (κ1) is 13.7. The summed E-state index contributed by atoms with van der Waals surface area (Å²) in [6.07, 6.45) is 0. The molecule has 100 valence electrons. The van der Waals surface area contributed by atoms with E-state index in [9.17, 15) is 4.79 Å². The Labute approximate surface area is 134 Å². The van der Waals surface area contributed by atoms with E-state index in [1.165, 1.54) is 4.70 Å². The quantitative estimate of drug-likeness (QED) is 0.601. The molecule has 0 aliphatic rings. The fraction of sp³-hybridized carbons (Fsp3) is 0. The Morgan fingerprint density at radius 2 is 2.00 bits per heavy atom. The average molecular weight is 364 g/mol. The first-order chi connectivity index (χ1) is 9.63. The lowest BCUT2D eigenvalue weighted by atomic mass is 10.2. The first-order valence-corrected chi connectivity index (χ1v) is 8.02. The molecule has 1 amide bonds. The number of rotatable bonds is 2. The minimum atomic E-state index is -0.155. The van der Waals surface area contributed by atoms with Gasteiger partial charge in [0.1, 0.15) is 0 Å². The van der Waals surface area contributed by atoms with E-state index in [2.05, 4.69) is 33.9 Å². The first-order valence-electron chi connectivity index (χ1n) is 5.90. The van der Waals surface area contributed by atoms with Crippen molar-refractivity contribution in [1.29, 1.82) is 0 Å². The van der Waals surface area contributed by atoms with Crippen LogP contribution < -0.4 is 5.32 Å². The smallest absolute Gasteiger partial charge is 0.256 e. The molecule has 2 nitrogen and oxygen atoms in total. The molecule has 0 unspecified atom stereocenters. The summed E-state index contributed by atoms with van der Waals surface area (Å²) >= 11 is 9.37. The molecule has 0 atom stereocenters. The van der Waals surface area contributed by atoms with E-state index < -0.39 is 0 Å². The molecule has 1 heterocycles. The van der Waals surface area contributed by atoms with Gasteiger partial charge in [-0.05, 0) is 53.2 Å². The maximum absolute atomic E-state index is 12.2. The third kappa shape index (κ3) is 2.75. The summed E-state index contributed by atoms with van der Waals surface area (Å²) < 4.78 is 2.11. The number of carbonyl (C=O) groups excluding carboxylic acids is 1. The van der Waals surface area contributed by atoms with Crippen LogP contribution in [0.2, 0.25) is 0 Å². The second kappa shape index (κ2) is 5.60. The van der Waals surface area contributed by atoms with E-state index in [0.29, 0.717) is 10.5 Å². The van der Waals surface area contributed by atoms with Gasteiger partial charge in [-0.2, -0.15) is 0 Å². The third-order valence-corrected chi connectivity index (χ3v) is 4.68. The number of benzene rings is 2. The summed E-state index contributed by atoms with van der Waals surface area (Å²) in [5, 5.41) is 6.07. The Kier molecular flexibility index (Phi) is 3.83.